The van der Waals surface area contributed by atoms with Gasteiger partial charge in [0, 0.05) is 5.56 Å². The molecule has 0 bridgehead atoms. The molecule has 0 heterocycles. The zero-order valence-corrected chi connectivity index (χ0v) is 11.3. The quantitative estimate of drug-likeness (QED) is 0.781. The van der Waals surface area contributed by atoms with E-state index < -0.39 is 0 Å². The minimum absolute atomic E-state index is 0.0719. The van der Waals surface area contributed by atoms with E-state index in [1.54, 1.807) is 6.08 Å². The van der Waals surface area contributed by atoms with Crippen LogP contribution in [0.4, 0.5) is 0 Å². The first-order valence-corrected chi connectivity index (χ1v) is 6.46. The van der Waals surface area contributed by atoms with Gasteiger partial charge in [-0.15, -0.1) is 0 Å². The number of nitrogens with zero attached hydrogens (tertiary/aromatic N) is 2. The van der Waals surface area contributed by atoms with E-state index in [4.69, 9.17) is 15.3 Å². The van der Waals surface area contributed by atoms with Crippen molar-refractivity contribution in [2.24, 2.45) is 0 Å². The standard InChI is InChI=1S/C17H14N2O/c1-2-9-20-17-8-7-14-5-3-4-6-15(14)16(17)10-13(11-18)12-19/h3-8,10H,2,9H2,1H3. The topological polar surface area (TPSA) is 56.8 Å². The van der Waals surface area contributed by atoms with Crippen LogP contribution in [0.1, 0.15) is 18.9 Å². The molecule has 0 amide bonds. The zero-order valence-electron chi connectivity index (χ0n) is 11.3. The lowest BCUT2D eigenvalue weighted by Crippen LogP contribution is -1.97. The van der Waals surface area contributed by atoms with Gasteiger partial charge in [0.1, 0.15) is 23.5 Å². The summed E-state index contributed by atoms with van der Waals surface area (Å²) in [5.74, 6) is 0.702. The van der Waals surface area contributed by atoms with Crippen molar-refractivity contribution >= 4 is 16.8 Å². The van der Waals surface area contributed by atoms with Gasteiger partial charge >= 0.3 is 0 Å². The van der Waals surface area contributed by atoms with E-state index in [1.165, 1.54) is 0 Å². The van der Waals surface area contributed by atoms with Crippen LogP contribution in [0, 0.1) is 22.7 Å². The highest BCUT2D eigenvalue weighted by molar-refractivity contribution is 5.94. The smallest absolute Gasteiger partial charge is 0.130 e. The lowest BCUT2D eigenvalue weighted by molar-refractivity contribution is 0.317. The van der Waals surface area contributed by atoms with Crippen molar-refractivity contribution in [1.82, 2.24) is 0 Å². The van der Waals surface area contributed by atoms with Gasteiger partial charge in [0.2, 0.25) is 0 Å². The lowest BCUT2D eigenvalue weighted by Gasteiger charge is -2.11. The van der Waals surface area contributed by atoms with Crippen molar-refractivity contribution in [2.45, 2.75) is 13.3 Å². The van der Waals surface area contributed by atoms with E-state index in [0.29, 0.717) is 12.4 Å². The van der Waals surface area contributed by atoms with Gasteiger partial charge in [0.15, 0.2) is 0 Å². The molecule has 3 nitrogen and oxygen atoms in total. The molecule has 0 spiro atoms. The molecule has 0 aromatic heterocycles. The van der Waals surface area contributed by atoms with Crippen molar-refractivity contribution in [3.05, 3.63) is 47.5 Å². The van der Waals surface area contributed by atoms with Crippen molar-refractivity contribution in [3.8, 4) is 17.9 Å². The van der Waals surface area contributed by atoms with Crippen LogP contribution in [0.15, 0.2) is 42.0 Å². The first-order chi connectivity index (χ1) is 9.80. The summed E-state index contributed by atoms with van der Waals surface area (Å²) < 4.78 is 5.72. The normalized spacial score (nSPS) is 9.55. The number of ether oxygens (including phenoxy) is 1. The minimum atomic E-state index is 0.0719. The first kappa shape index (κ1) is 13.6. The molecule has 2 aromatic carbocycles. The van der Waals surface area contributed by atoms with Crippen LogP contribution in [-0.2, 0) is 0 Å². The second-order valence-corrected chi connectivity index (χ2v) is 4.33. The van der Waals surface area contributed by atoms with E-state index in [1.807, 2.05) is 55.5 Å². The largest absolute Gasteiger partial charge is 0.493 e. The maximum atomic E-state index is 8.94. The Balaban J connectivity index is 2.65. The minimum Gasteiger partial charge on any atom is -0.493 e. The van der Waals surface area contributed by atoms with Gasteiger partial charge in [-0.05, 0) is 29.3 Å². The molecule has 0 aliphatic rings. The fraction of sp³-hybridized carbons (Fsp3) is 0.176. The fourth-order valence-corrected chi connectivity index (χ4v) is 2.00. The summed E-state index contributed by atoms with van der Waals surface area (Å²) in [6, 6.07) is 15.5. The van der Waals surface area contributed by atoms with E-state index in [9.17, 15) is 0 Å². The number of hydrogen-bond acceptors (Lipinski definition) is 3. The molecular formula is C17H14N2O. The van der Waals surface area contributed by atoms with Crippen LogP contribution in [0.2, 0.25) is 0 Å². The number of allylic oxidation sites excluding steroid dienone is 1. The van der Waals surface area contributed by atoms with Gasteiger partial charge in [0.05, 0.1) is 6.61 Å². The Morgan fingerprint density at radius 3 is 2.60 bits per heavy atom. The molecule has 0 saturated carbocycles. The Kier molecular flexibility index (Phi) is 4.37. The molecule has 0 aliphatic carbocycles. The summed E-state index contributed by atoms with van der Waals surface area (Å²) in [7, 11) is 0. The Morgan fingerprint density at radius 2 is 1.90 bits per heavy atom. The Morgan fingerprint density at radius 1 is 1.15 bits per heavy atom. The van der Waals surface area contributed by atoms with E-state index in [-0.39, 0.29) is 5.57 Å². The summed E-state index contributed by atoms with van der Waals surface area (Å²) in [5, 5.41) is 19.9. The van der Waals surface area contributed by atoms with E-state index in [0.717, 1.165) is 22.8 Å². The number of hydrogen-bond donors (Lipinski definition) is 0. The Bertz CT molecular complexity index is 717. The third-order valence-corrected chi connectivity index (χ3v) is 2.92. The van der Waals surface area contributed by atoms with E-state index >= 15 is 0 Å². The molecule has 0 saturated heterocycles. The Hall–Kier alpha value is -2.78. The van der Waals surface area contributed by atoms with Crippen LogP contribution in [0.5, 0.6) is 5.75 Å². The van der Waals surface area contributed by atoms with Gasteiger partial charge in [-0.25, -0.2) is 0 Å². The number of rotatable bonds is 4. The maximum Gasteiger partial charge on any atom is 0.130 e. The number of benzene rings is 2. The highest BCUT2D eigenvalue weighted by atomic mass is 16.5. The van der Waals surface area contributed by atoms with Gasteiger partial charge in [-0.2, -0.15) is 10.5 Å². The lowest BCUT2D eigenvalue weighted by atomic mass is 10.0. The monoisotopic (exact) mass is 262 g/mol. The molecule has 2 aromatic rings. The van der Waals surface area contributed by atoms with E-state index in [2.05, 4.69) is 0 Å². The summed E-state index contributed by atoms with van der Waals surface area (Å²) in [6.07, 6.45) is 2.49. The predicted molar refractivity (Wildman–Crippen MR) is 78.9 cm³/mol. The zero-order chi connectivity index (χ0) is 14.4. The average molecular weight is 262 g/mol. The molecule has 20 heavy (non-hydrogen) atoms. The summed E-state index contributed by atoms with van der Waals surface area (Å²) in [4.78, 5) is 0. The number of fused-ring (bicyclic) bond motifs is 1. The summed E-state index contributed by atoms with van der Waals surface area (Å²) in [6.45, 7) is 2.64. The molecule has 0 atom stereocenters. The predicted octanol–water partition coefficient (Wildman–Crippen LogP) is 4.06. The SMILES string of the molecule is CCCOc1ccc2ccccc2c1C=C(C#N)C#N. The molecule has 0 aliphatic heterocycles. The van der Waals surface area contributed by atoms with Gasteiger partial charge in [-0.1, -0.05) is 37.3 Å². The molecule has 3 heteroatoms. The van der Waals surface area contributed by atoms with Gasteiger partial charge in [-0.3, -0.25) is 0 Å². The van der Waals surface area contributed by atoms with Crippen molar-refractivity contribution < 1.29 is 4.74 Å². The van der Waals surface area contributed by atoms with Crippen LogP contribution >= 0.6 is 0 Å². The van der Waals surface area contributed by atoms with Crippen LogP contribution in [-0.4, -0.2) is 6.61 Å². The average Bonchev–Trinajstić information content (AvgIpc) is 2.51. The number of nitriles is 2. The van der Waals surface area contributed by atoms with Gasteiger partial charge < -0.3 is 4.74 Å². The van der Waals surface area contributed by atoms with Crippen LogP contribution in [0.3, 0.4) is 0 Å². The highest BCUT2D eigenvalue weighted by Gasteiger charge is 2.08. The summed E-state index contributed by atoms with van der Waals surface area (Å²) in [5.41, 5.74) is 0.859. The molecule has 0 fully saturated rings. The van der Waals surface area contributed by atoms with Crippen LogP contribution < -0.4 is 4.74 Å². The molecular weight excluding hydrogens is 248 g/mol. The molecule has 98 valence electrons. The third kappa shape index (κ3) is 2.79. The molecule has 0 radical (unpaired) electrons. The molecule has 2 rings (SSSR count). The molecule has 0 N–H and O–H groups in total. The van der Waals surface area contributed by atoms with Gasteiger partial charge in [0.25, 0.3) is 0 Å². The second kappa shape index (κ2) is 6.41. The highest BCUT2D eigenvalue weighted by Crippen LogP contribution is 2.30. The van der Waals surface area contributed by atoms with Crippen LogP contribution in [0.25, 0.3) is 16.8 Å². The fourth-order valence-electron chi connectivity index (χ4n) is 2.00. The van der Waals surface area contributed by atoms with Crippen molar-refractivity contribution in [3.63, 3.8) is 0 Å². The van der Waals surface area contributed by atoms with Crippen molar-refractivity contribution in [2.75, 3.05) is 6.61 Å². The summed E-state index contributed by atoms with van der Waals surface area (Å²) >= 11 is 0. The first-order valence-electron chi connectivity index (χ1n) is 6.46. The maximum absolute atomic E-state index is 8.94. The second-order valence-electron chi connectivity index (χ2n) is 4.33. The third-order valence-electron chi connectivity index (χ3n) is 2.92. The van der Waals surface area contributed by atoms with Crippen molar-refractivity contribution in [1.29, 1.82) is 10.5 Å². The molecule has 0 unspecified atom stereocenters. The Labute approximate surface area is 118 Å².